The summed E-state index contributed by atoms with van der Waals surface area (Å²) in [7, 11) is 0. The highest BCUT2D eigenvalue weighted by Crippen LogP contribution is 2.47. The van der Waals surface area contributed by atoms with Crippen LogP contribution in [0.5, 0.6) is 5.75 Å². The van der Waals surface area contributed by atoms with Gasteiger partial charge in [-0.25, -0.2) is 4.79 Å². The van der Waals surface area contributed by atoms with Crippen LogP contribution >= 0.6 is 0 Å². The van der Waals surface area contributed by atoms with Crippen molar-refractivity contribution >= 4 is 11.9 Å². The maximum Gasteiger partial charge on any atom is 0.352 e. The van der Waals surface area contributed by atoms with E-state index in [4.69, 9.17) is 4.74 Å². The van der Waals surface area contributed by atoms with Gasteiger partial charge in [-0.3, -0.25) is 4.79 Å². The van der Waals surface area contributed by atoms with Crippen molar-refractivity contribution in [1.29, 1.82) is 0 Å². The monoisotopic (exact) mass is 401 g/mol. The van der Waals surface area contributed by atoms with Gasteiger partial charge in [0.05, 0.1) is 18.1 Å². The van der Waals surface area contributed by atoms with E-state index in [-0.39, 0.29) is 30.2 Å². The largest absolute Gasteiger partial charge is 0.489 e. The van der Waals surface area contributed by atoms with Gasteiger partial charge in [-0.1, -0.05) is 38.8 Å². The number of benzene rings is 1. The zero-order chi connectivity index (χ0) is 21.3. The summed E-state index contributed by atoms with van der Waals surface area (Å²) >= 11 is 0. The molecule has 3 rings (SSSR count). The lowest BCUT2D eigenvalue weighted by molar-refractivity contribution is -0.163. The number of rotatable bonds is 9. The summed E-state index contributed by atoms with van der Waals surface area (Å²) in [4.78, 5) is 25.6. The fourth-order valence-corrected chi connectivity index (χ4v) is 4.60. The number of carboxylic acid groups (broad SMARTS) is 1. The molecule has 0 bridgehead atoms. The van der Waals surface area contributed by atoms with E-state index in [0.29, 0.717) is 5.57 Å². The van der Waals surface area contributed by atoms with Gasteiger partial charge in [-0.15, -0.1) is 0 Å². The molecule has 29 heavy (non-hydrogen) atoms. The second-order valence-electron chi connectivity index (χ2n) is 8.28. The zero-order valence-corrected chi connectivity index (χ0v) is 17.6. The first-order valence-electron chi connectivity index (χ1n) is 10.5. The van der Waals surface area contributed by atoms with Crippen LogP contribution in [0.3, 0.4) is 0 Å². The standard InChI is InChI=1S/C23H31NO5/c1-5-6-7-8-16-9-10-18(13(2)11-16)29-12-17-14(3)20-19(15(4)25)22(26)24(20)21(17)23(27)28/h9-11,14-15,19-20,25H,5-8,12H2,1-4H3,(H,27,28). The first-order valence-corrected chi connectivity index (χ1v) is 10.5. The van der Waals surface area contributed by atoms with E-state index in [0.717, 1.165) is 24.2 Å². The Bertz CT molecular complexity index is 829. The normalized spacial score (nSPS) is 24.4. The molecule has 2 aliphatic rings. The zero-order valence-electron chi connectivity index (χ0n) is 17.6. The van der Waals surface area contributed by atoms with Gasteiger partial charge in [0, 0.05) is 11.5 Å². The lowest BCUT2D eigenvalue weighted by Gasteiger charge is -2.46. The van der Waals surface area contributed by atoms with E-state index in [9.17, 15) is 19.8 Å². The minimum atomic E-state index is -1.13. The van der Waals surface area contributed by atoms with Crippen LogP contribution in [0, 0.1) is 18.8 Å². The Morgan fingerprint density at radius 3 is 2.62 bits per heavy atom. The summed E-state index contributed by atoms with van der Waals surface area (Å²) in [5.41, 5.74) is 2.91. The number of carbonyl (C=O) groups is 2. The van der Waals surface area contributed by atoms with Crippen LogP contribution in [0.2, 0.25) is 0 Å². The molecule has 1 aromatic carbocycles. The maximum absolute atomic E-state index is 12.4. The molecule has 2 aliphatic heterocycles. The van der Waals surface area contributed by atoms with Gasteiger partial charge < -0.3 is 19.8 Å². The van der Waals surface area contributed by atoms with Crippen molar-refractivity contribution in [2.45, 2.75) is 65.5 Å². The van der Waals surface area contributed by atoms with Gasteiger partial charge in [-0.2, -0.15) is 0 Å². The highest BCUT2D eigenvalue weighted by Gasteiger charge is 2.59. The molecule has 0 spiro atoms. The Balaban J connectivity index is 1.74. The number of hydrogen-bond acceptors (Lipinski definition) is 4. The third kappa shape index (κ3) is 3.90. The van der Waals surface area contributed by atoms with E-state index in [2.05, 4.69) is 19.1 Å². The molecule has 2 heterocycles. The number of fused-ring (bicyclic) bond motifs is 1. The third-order valence-electron chi connectivity index (χ3n) is 6.21. The third-order valence-corrected chi connectivity index (χ3v) is 6.21. The lowest BCUT2D eigenvalue weighted by atomic mass is 9.78. The van der Waals surface area contributed by atoms with Crippen LogP contribution in [0.4, 0.5) is 0 Å². The number of aliphatic hydroxyl groups is 1. The first-order chi connectivity index (χ1) is 13.8. The Kier molecular flexibility index (Phi) is 6.32. The van der Waals surface area contributed by atoms with Crippen LogP contribution in [-0.4, -0.2) is 45.7 Å². The smallest absolute Gasteiger partial charge is 0.352 e. The van der Waals surface area contributed by atoms with Crippen molar-refractivity contribution in [2.24, 2.45) is 11.8 Å². The lowest BCUT2D eigenvalue weighted by Crippen LogP contribution is -2.63. The van der Waals surface area contributed by atoms with E-state index >= 15 is 0 Å². The molecule has 158 valence electrons. The van der Waals surface area contributed by atoms with Crippen molar-refractivity contribution in [3.8, 4) is 5.75 Å². The van der Waals surface area contributed by atoms with Crippen molar-refractivity contribution < 1.29 is 24.5 Å². The molecule has 1 fully saturated rings. The highest BCUT2D eigenvalue weighted by atomic mass is 16.5. The molecule has 1 aromatic rings. The topological polar surface area (TPSA) is 87.1 Å². The highest BCUT2D eigenvalue weighted by molar-refractivity contribution is 6.00. The molecular weight excluding hydrogens is 370 g/mol. The molecule has 1 saturated heterocycles. The molecular formula is C23H31NO5. The Labute approximate surface area is 172 Å². The van der Waals surface area contributed by atoms with Gasteiger partial charge in [0.1, 0.15) is 18.1 Å². The van der Waals surface area contributed by atoms with Gasteiger partial charge in [-0.05, 0) is 43.9 Å². The van der Waals surface area contributed by atoms with Crippen molar-refractivity contribution in [3.05, 3.63) is 40.6 Å². The summed E-state index contributed by atoms with van der Waals surface area (Å²) in [6, 6.07) is 5.81. The number of aryl methyl sites for hydroxylation is 2. The summed E-state index contributed by atoms with van der Waals surface area (Å²) in [5.74, 6) is -1.45. The summed E-state index contributed by atoms with van der Waals surface area (Å²) in [6.07, 6.45) is 3.81. The van der Waals surface area contributed by atoms with Crippen molar-refractivity contribution in [2.75, 3.05) is 6.61 Å². The van der Waals surface area contributed by atoms with Crippen LogP contribution in [0.25, 0.3) is 0 Å². The molecule has 2 N–H and O–H groups in total. The number of carboxylic acids is 1. The molecule has 6 nitrogen and oxygen atoms in total. The van der Waals surface area contributed by atoms with Crippen LogP contribution < -0.4 is 4.74 Å². The Morgan fingerprint density at radius 1 is 1.31 bits per heavy atom. The molecule has 0 aromatic heterocycles. The Morgan fingerprint density at radius 2 is 2.03 bits per heavy atom. The van der Waals surface area contributed by atoms with Gasteiger partial charge in [0.15, 0.2) is 0 Å². The number of hydrogen-bond donors (Lipinski definition) is 2. The number of amides is 1. The predicted molar refractivity (Wildman–Crippen MR) is 110 cm³/mol. The molecule has 0 aliphatic carbocycles. The predicted octanol–water partition coefficient (Wildman–Crippen LogP) is 3.30. The average Bonchev–Trinajstić information content (AvgIpc) is 2.89. The minimum absolute atomic E-state index is 0.0123. The SMILES string of the molecule is CCCCCc1ccc(OCC2=C(C(=O)O)N3C(=O)C(C(C)O)C3C2C)c(C)c1. The molecule has 4 unspecified atom stereocenters. The van der Waals surface area contributed by atoms with Crippen molar-refractivity contribution in [1.82, 2.24) is 4.90 Å². The number of carbonyl (C=O) groups excluding carboxylic acids is 1. The minimum Gasteiger partial charge on any atom is -0.489 e. The summed E-state index contributed by atoms with van der Waals surface area (Å²) < 4.78 is 5.99. The van der Waals surface area contributed by atoms with Crippen LogP contribution in [-0.2, 0) is 16.0 Å². The fourth-order valence-electron chi connectivity index (χ4n) is 4.60. The quantitative estimate of drug-likeness (QED) is 0.490. The van der Waals surface area contributed by atoms with Gasteiger partial charge in [0.25, 0.3) is 0 Å². The van der Waals surface area contributed by atoms with E-state index < -0.39 is 18.0 Å². The number of unbranched alkanes of at least 4 members (excludes halogenated alkanes) is 2. The molecule has 4 atom stereocenters. The van der Waals surface area contributed by atoms with Crippen LogP contribution in [0.15, 0.2) is 29.5 Å². The van der Waals surface area contributed by atoms with Gasteiger partial charge >= 0.3 is 5.97 Å². The Hall–Kier alpha value is -2.34. The maximum atomic E-state index is 12.4. The summed E-state index contributed by atoms with van der Waals surface area (Å²) in [6.45, 7) is 7.77. The van der Waals surface area contributed by atoms with E-state index in [1.165, 1.54) is 23.3 Å². The molecule has 0 saturated carbocycles. The number of ether oxygens (including phenoxy) is 1. The first kappa shape index (κ1) is 21.4. The second kappa shape index (κ2) is 8.57. The number of β-lactam (4-membered cyclic amide) rings is 1. The number of aliphatic carboxylic acids is 1. The molecule has 6 heteroatoms. The van der Waals surface area contributed by atoms with Crippen molar-refractivity contribution in [3.63, 3.8) is 0 Å². The van der Waals surface area contributed by atoms with E-state index in [1.807, 2.05) is 19.9 Å². The van der Waals surface area contributed by atoms with Crippen LogP contribution in [0.1, 0.15) is 51.2 Å². The van der Waals surface area contributed by atoms with Gasteiger partial charge in [0.2, 0.25) is 5.91 Å². The second-order valence-corrected chi connectivity index (χ2v) is 8.28. The fraction of sp³-hybridized carbons (Fsp3) is 0.565. The molecule has 1 amide bonds. The summed E-state index contributed by atoms with van der Waals surface area (Å²) in [5, 5.41) is 19.6. The van der Waals surface area contributed by atoms with E-state index in [1.54, 1.807) is 6.92 Å². The number of aliphatic hydroxyl groups excluding tert-OH is 1. The molecule has 0 radical (unpaired) electrons. The average molecular weight is 402 g/mol. The number of nitrogens with zero attached hydrogens (tertiary/aromatic N) is 1.